The van der Waals surface area contributed by atoms with E-state index in [1.807, 2.05) is 25.1 Å². The normalized spacial score (nSPS) is 10.4. The molecule has 0 atom stereocenters. The zero-order valence-electron chi connectivity index (χ0n) is 13.4. The first kappa shape index (κ1) is 17.1. The lowest BCUT2D eigenvalue weighted by Gasteiger charge is -2.12. The molecular weight excluding hydrogens is 299 g/mol. The summed E-state index contributed by atoms with van der Waals surface area (Å²) in [6.07, 6.45) is 0. The summed E-state index contributed by atoms with van der Waals surface area (Å²) in [6, 6.07) is 12.0. The van der Waals surface area contributed by atoms with Crippen molar-refractivity contribution in [2.45, 2.75) is 6.92 Å². The molecule has 0 aromatic heterocycles. The molecule has 0 bridgehead atoms. The van der Waals surface area contributed by atoms with E-state index in [1.165, 1.54) is 6.07 Å². The Balaban J connectivity index is 1.62. The molecule has 0 spiro atoms. The Morgan fingerprint density at radius 3 is 2.22 bits per heavy atom. The zero-order chi connectivity index (χ0) is 16.5. The van der Waals surface area contributed by atoms with Crippen LogP contribution in [0.3, 0.4) is 0 Å². The van der Waals surface area contributed by atoms with E-state index in [0.717, 1.165) is 5.56 Å². The molecular formula is C18H21FO4. The zero-order valence-corrected chi connectivity index (χ0v) is 13.4. The van der Waals surface area contributed by atoms with Crippen molar-refractivity contribution in [1.82, 2.24) is 0 Å². The molecule has 0 unspecified atom stereocenters. The lowest BCUT2D eigenvalue weighted by atomic mass is 10.2. The minimum atomic E-state index is -0.373. The molecule has 0 amide bonds. The third-order valence-electron chi connectivity index (χ3n) is 3.13. The van der Waals surface area contributed by atoms with E-state index in [9.17, 15) is 4.39 Å². The van der Waals surface area contributed by atoms with Gasteiger partial charge in [0.1, 0.15) is 13.2 Å². The van der Waals surface area contributed by atoms with Gasteiger partial charge < -0.3 is 18.9 Å². The van der Waals surface area contributed by atoms with Crippen LogP contribution in [-0.2, 0) is 4.74 Å². The van der Waals surface area contributed by atoms with E-state index >= 15 is 0 Å². The second-order valence-corrected chi connectivity index (χ2v) is 4.89. The highest BCUT2D eigenvalue weighted by molar-refractivity contribution is 5.42. The van der Waals surface area contributed by atoms with E-state index < -0.39 is 0 Å². The molecule has 0 saturated carbocycles. The summed E-state index contributed by atoms with van der Waals surface area (Å²) in [7, 11) is 1.61. The maximum absolute atomic E-state index is 13.3. The monoisotopic (exact) mass is 320 g/mol. The Morgan fingerprint density at radius 2 is 1.52 bits per heavy atom. The predicted octanol–water partition coefficient (Wildman–Crippen LogP) is 3.62. The molecule has 0 saturated heterocycles. The number of methoxy groups -OCH3 is 1. The van der Waals surface area contributed by atoms with Crippen molar-refractivity contribution in [3.05, 3.63) is 53.8 Å². The van der Waals surface area contributed by atoms with Gasteiger partial charge in [-0.3, -0.25) is 0 Å². The van der Waals surface area contributed by atoms with Gasteiger partial charge in [-0.1, -0.05) is 18.2 Å². The SMILES string of the molecule is COc1cc(C)ccc1OCCOCCOc1ccccc1F. The molecule has 5 heteroatoms. The molecule has 4 nitrogen and oxygen atoms in total. The molecule has 0 aliphatic heterocycles. The van der Waals surface area contributed by atoms with E-state index in [0.29, 0.717) is 31.3 Å². The van der Waals surface area contributed by atoms with Crippen molar-refractivity contribution in [3.8, 4) is 17.2 Å². The van der Waals surface area contributed by atoms with Crippen LogP contribution in [0.2, 0.25) is 0 Å². The van der Waals surface area contributed by atoms with Crippen molar-refractivity contribution >= 4 is 0 Å². The fraction of sp³-hybridized carbons (Fsp3) is 0.333. The van der Waals surface area contributed by atoms with Gasteiger partial charge in [-0.2, -0.15) is 0 Å². The topological polar surface area (TPSA) is 36.9 Å². The molecule has 0 N–H and O–H groups in total. The summed E-state index contributed by atoms with van der Waals surface area (Å²) in [6.45, 7) is 3.46. The number of benzene rings is 2. The van der Waals surface area contributed by atoms with Gasteiger partial charge >= 0.3 is 0 Å². The van der Waals surface area contributed by atoms with Crippen LogP contribution in [0.1, 0.15) is 5.56 Å². The van der Waals surface area contributed by atoms with Crippen LogP contribution in [0.4, 0.5) is 4.39 Å². The van der Waals surface area contributed by atoms with Crippen molar-refractivity contribution in [2.75, 3.05) is 33.5 Å². The second-order valence-electron chi connectivity index (χ2n) is 4.89. The van der Waals surface area contributed by atoms with Crippen LogP contribution >= 0.6 is 0 Å². The first-order valence-electron chi connectivity index (χ1n) is 7.43. The second kappa shape index (κ2) is 9.00. The third kappa shape index (κ3) is 5.45. The molecule has 0 fully saturated rings. The van der Waals surface area contributed by atoms with Gasteiger partial charge in [-0.25, -0.2) is 4.39 Å². The molecule has 2 aromatic rings. The lowest BCUT2D eigenvalue weighted by molar-refractivity contribution is 0.0748. The van der Waals surface area contributed by atoms with Crippen LogP contribution in [0.25, 0.3) is 0 Å². The maximum atomic E-state index is 13.3. The number of rotatable bonds is 9. The molecule has 124 valence electrons. The van der Waals surface area contributed by atoms with E-state index in [4.69, 9.17) is 18.9 Å². The molecule has 2 aromatic carbocycles. The summed E-state index contributed by atoms with van der Waals surface area (Å²) in [5.74, 6) is 1.25. The fourth-order valence-electron chi connectivity index (χ4n) is 1.98. The number of para-hydroxylation sites is 1. The minimum absolute atomic E-state index is 0.233. The minimum Gasteiger partial charge on any atom is -0.493 e. The highest BCUT2D eigenvalue weighted by atomic mass is 19.1. The van der Waals surface area contributed by atoms with Crippen molar-refractivity contribution in [2.24, 2.45) is 0 Å². The van der Waals surface area contributed by atoms with E-state index in [1.54, 1.807) is 25.3 Å². The van der Waals surface area contributed by atoms with Crippen LogP contribution in [0.5, 0.6) is 17.2 Å². The summed E-state index contributed by atoms with van der Waals surface area (Å²) >= 11 is 0. The van der Waals surface area contributed by atoms with Crippen LogP contribution in [0, 0.1) is 12.7 Å². The van der Waals surface area contributed by atoms with Crippen LogP contribution in [-0.4, -0.2) is 33.5 Å². The predicted molar refractivity (Wildman–Crippen MR) is 85.9 cm³/mol. The number of halogens is 1. The van der Waals surface area contributed by atoms with Gasteiger partial charge in [-0.15, -0.1) is 0 Å². The Kier molecular flexibility index (Phi) is 6.69. The molecule has 23 heavy (non-hydrogen) atoms. The quantitative estimate of drug-likeness (QED) is 0.661. The standard InChI is InChI=1S/C18H21FO4/c1-14-7-8-17(18(13-14)20-2)23-12-10-21-9-11-22-16-6-4-3-5-15(16)19/h3-8,13H,9-12H2,1-2H3. The average molecular weight is 320 g/mol. The number of ether oxygens (including phenoxy) is 4. The largest absolute Gasteiger partial charge is 0.493 e. The molecule has 2 rings (SSSR count). The van der Waals surface area contributed by atoms with Crippen molar-refractivity contribution < 1.29 is 23.3 Å². The Bertz CT molecular complexity index is 616. The third-order valence-corrected chi connectivity index (χ3v) is 3.13. The summed E-state index contributed by atoms with van der Waals surface area (Å²) in [5.41, 5.74) is 1.11. The van der Waals surface area contributed by atoms with Gasteiger partial charge in [0.2, 0.25) is 0 Å². The Labute approximate surface area is 135 Å². The number of hydrogen-bond acceptors (Lipinski definition) is 4. The first-order chi connectivity index (χ1) is 11.2. The van der Waals surface area contributed by atoms with Gasteiger partial charge in [0, 0.05) is 0 Å². The summed E-state index contributed by atoms with van der Waals surface area (Å²) < 4.78 is 34.9. The highest BCUT2D eigenvalue weighted by Crippen LogP contribution is 2.27. The van der Waals surface area contributed by atoms with E-state index in [-0.39, 0.29) is 18.2 Å². The molecule has 0 aliphatic rings. The maximum Gasteiger partial charge on any atom is 0.165 e. The Hall–Kier alpha value is -2.27. The number of aryl methyl sites for hydroxylation is 1. The van der Waals surface area contributed by atoms with Gasteiger partial charge in [0.15, 0.2) is 23.1 Å². The van der Waals surface area contributed by atoms with Crippen molar-refractivity contribution in [3.63, 3.8) is 0 Å². The Morgan fingerprint density at radius 1 is 0.826 bits per heavy atom. The molecule has 0 radical (unpaired) electrons. The van der Waals surface area contributed by atoms with Gasteiger partial charge in [0.25, 0.3) is 0 Å². The van der Waals surface area contributed by atoms with Gasteiger partial charge in [-0.05, 0) is 36.8 Å². The highest BCUT2D eigenvalue weighted by Gasteiger charge is 2.04. The molecule has 0 aliphatic carbocycles. The van der Waals surface area contributed by atoms with E-state index in [2.05, 4.69) is 0 Å². The van der Waals surface area contributed by atoms with Gasteiger partial charge in [0.05, 0.1) is 20.3 Å². The first-order valence-corrected chi connectivity index (χ1v) is 7.43. The number of hydrogen-bond donors (Lipinski definition) is 0. The van der Waals surface area contributed by atoms with Crippen LogP contribution in [0.15, 0.2) is 42.5 Å². The fourth-order valence-corrected chi connectivity index (χ4v) is 1.98. The smallest absolute Gasteiger partial charge is 0.165 e. The lowest BCUT2D eigenvalue weighted by Crippen LogP contribution is -2.12. The average Bonchev–Trinajstić information content (AvgIpc) is 2.56. The van der Waals surface area contributed by atoms with Crippen molar-refractivity contribution in [1.29, 1.82) is 0 Å². The summed E-state index contributed by atoms with van der Waals surface area (Å²) in [5, 5.41) is 0. The molecule has 0 heterocycles. The van der Waals surface area contributed by atoms with Crippen LogP contribution < -0.4 is 14.2 Å². The summed E-state index contributed by atoms with van der Waals surface area (Å²) in [4.78, 5) is 0.